The zero-order chi connectivity index (χ0) is 13.7. The van der Waals surface area contributed by atoms with E-state index in [2.05, 4.69) is 0 Å². The highest BCUT2D eigenvalue weighted by atomic mass is 16.5. The summed E-state index contributed by atoms with van der Waals surface area (Å²) in [6, 6.07) is 6.00. The highest BCUT2D eigenvalue weighted by molar-refractivity contribution is 5.98. The number of benzene rings is 1. The summed E-state index contributed by atoms with van der Waals surface area (Å²) in [5, 5.41) is 0. The van der Waals surface area contributed by atoms with E-state index in [1.807, 2.05) is 32.0 Å². The van der Waals surface area contributed by atoms with Crippen molar-refractivity contribution in [3.63, 3.8) is 0 Å². The molecule has 0 N–H and O–H groups in total. The van der Waals surface area contributed by atoms with Crippen LogP contribution >= 0.6 is 0 Å². The first-order chi connectivity index (χ1) is 9.16. The zero-order valence-electron chi connectivity index (χ0n) is 12.1. The number of carbonyl (C=O) groups is 1. The van der Waals surface area contributed by atoms with Gasteiger partial charge in [-0.3, -0.25) is 4.79 Å². The van der Waals surface area contributed by atoms with Crippen LogP contribution in [0.4, 0.5) is 0 Å². The van der Waals surface area contributed by atoms with Crippen LogP contribution in [0.3, 0.4) is 0 Å². The first-order valence-corrected chi connectivity index (χ1v) is 7.35. The predicted molar refractivity (Wildman–Crippen MR) is 77.6 cm³/mol. The largest absolute Gasteiger partial charge is 0.373 e. The van der Waals surface area contributed by atoms with E-state index in [1.54, 1.807) is 0 Å². The number of ketones is 1. The summed E-state index contributed by atoms with van der Waals surface area (Å²) in [4.78, 5) is 12.1. The Balaban J connectivity index is 1.82. The average Bonchev–Trinajstić information content (AvgIpc) is 2.42. The Kier molecular flexibility index (Phi) is 5.15. The third kappa shape index (κ3) is 4.17. The van der Waals surface area contributed by atoms with Gasteiger partial charge in [0.1, 0.15) is 6.61 Å². The summed E-state index contributed by atoms with van der Waals surface area (Å²) in [5.74, 6) is 0.775. The molecular formula is C17H24O2. The molecule has 2 nitrogen and oxygen atoms in total. The molecule has 1 aromatic rings. The Morgan fingerprint density at radius 3 is 2.68 bits per heavy atom. The number of hydrogen-bond acceptors (Lipinski definition) is 2. The van der Waals surface area contributed by atoms with Crippen LogP contribution in [0.2, 0.25) is 0 Å². The summed E-state index contributed by atoms with van der Waals surface area (Å²) >= 11 is 0. The van der Waals surface area contributed by atoms with Gasteiger partial charge >= 0.3 is 0 Å². The minimum absolute atomic E-state index is 0.108. The number of hydrogen-bond donors (Lipinski definition) is 0. The number of carbonyl (C=O) groups excluding carboxylic acids is 1. The van der Waals surface area contributed by atoms with Crippen LogP contribution < -0.4 is 0 Å². The summed E-state index contributed by atoms with van der Waals surface area (Å²) in [5.41, 5.74) is 2.97. The summed E-state index contributed by atoms with van der Waals surface area (Å²) < 4.78 is 5.63. The second-order valence-electron chi connectivity index (χ2n) is 5.76. The molecule has 0 unspecified atom stereocenters. The molecule has 0 radical (unpaired) electrons. The van der Waals surface area contributed by atoms with Crippen molar-refractivity contribution < 1.29 is 9.53 Å². The molecule has 0 aromatic heterocycles. The lowest BCUT2D eigenvalue weighted by Crippen LogP contribution is -2.17. The Labute approximate surface area is 116 Å². The van der Waals surface area contributed by atoms with E-state index in [-0.39, 0.29) is 12.4 Å². The average molecular weight is 260 g/mol. The van der Waals surface area contributed by atoms with Gasteiger partial charge < -0.3 is 4.74 Å². The maximum Gasteiger partial charge on any atom is 0.188 e. The van der Waals surface area contributed by atoms with Crippen molar-refractivity contribution >= 4 is 5.78 Å². The molecule has 0 heterocycles. The summed E-state index contributed by atoms with van der Waals surface area (Å²) in [7, 11) is 0. The molecule has 0 spiro atoms. The van der Waals surface area contributed by atoms with Gasteiger partial charge in [-0.05, 0) is 44.2 Å². The van der Waals surface area contributed by atoms with E-state index in [4.69, 9.17) is 4.74 Å². The number of Topliss-reactive ketones (excluding diaryl/α,β-unsaturated/α-hetero) is 1. The third-order valence-electron chi connectivity index (χ3n) is 4.00. The van der Waals surface area contributed by atoms with E-state index >= 15 is 0 Å². The Morgan fingerprint density at radius 2 is 1.95 bits per heavy atom. The molecule has 0 atom stereocenters. The molecule has 0 amide bonds. The van der Waals surface area contributed by atoms with Crippen molar-refractivity contribution in [3.05, 3.63) is 34.9 Å². The van der Waals surface area contributed by atoms with E-state index in [9.17, 15) is 4.79 Å². The van der Waals surface area contributed by atoms with Crippen LogP contribution in [0.1, 0.15) is 53.6 Å². The molecule has 0 bridgehead atoms. The predicted octanol–water partition coefficient (Wildman–Crippen LogP) is 4.08. The van der Waals surface area contributed by atoms with Gasteiger partial charge in [0.25, 0.3) is 0 Å². The van der Waals surface area contributed by atoms with Crippen LogP contribution in [0, 0.1) is 19.8 Å². The monoisotopic (exact) mass is 260 g/mol. The molecule has 2 rings (SSSR count). The topological polar surface area (TPSA) is 26.3 Å². The van der Waals surface area contributed by atoms with Crippen LogP contribution in [-0.4, -0.2) is 19.0 Å². The van der Waals surface area contributed by atoms with Gasteiger partial charge in [-0.1, -0.05) is 37.0 Å². The lowest BCUT2D eigenvalue weighted by atomic mass is 9.90. The quantitative estimate of drug-likeness (QED) is 0.746. The first-order valence-electron chi connectivity index (χ1n) is 7.35. The normalized spacial score (nSPS) is 16.5. The van der Waals surface area contributed by atoms with Crippen molar-refractivity contribution in [1.82, 2.24) is 0 Å². The van der Waals surface area contributed by atoms with Crippen LogP contribution in [0.15, 0.2) is 18.2 Å². The number of aryl methyl sites for hydroxylation is 2. The highest BCUT2D eigenvalue weighted by Gasteiger charge is 2.15. The fraction of sp³-hybridized carbons (Fsp3) is 0.588. The van der Waals surface area contributed by atoms with E-state index in [0.29, 0.717) is 5.92 Å². The molecule has 1 saturated carbocycles. The fourth-order valence-corrected chi connectivity index (χ4v) is 2.79. The molecular weight excluding hydrogens is 236 g/mol. The molecule has 2 heteroatoms. The molecule has 104 valence electrons. The van der Waals surface area contributed by atoms with Crippen LogP contribution in [-0.2, 0) is 4.74 Å². The van der Waals surface area contributed by atoms with E-state index < -0.39 is 0 Å². The summed E-state index contributed by atoms with van der Waals surface area (Å²) in [6.45, 7) is 4.96. The maximum absolute atomic E-state index is 12.1. The molecule has 1 aliphatic carbocycles. The van der Waals surface area contributed by atoms with Gasteiger partial charge in [0, 0.05) is 5.56 Å². The Bertz CT molecular complexity index is 431. The SMILES string of the molecule is Cc1ccc(C)c(C(=O)COCC2CCCCC2)c1. The van der Waals surface area contributed by atoms with Crippen LogP contribution in [0.5, 0.6) is 0 Å². The lowest BCUT2D eigenvalue weighted by Gasteiger charge is -2.21. The smallest absolute Gasteiger partial charge is 0.188 e. The fourth-order valence-electron chi connectivity index (χ4n) is 2.79. The van der Waals surface area contributed by atoms with E-state index in [1.165, 1.54) is 32.1 Å². The molecule has 1 aliphatic rings. The Hall–Kier alpha value is -1.15. The second kappa shape index (κ2) is 6.85. The van der Waals surface area contributed by atoms with Gasteiger partial charge in [0.2, 0.25) is 0 Å². The van der Waals surface area contributed by atoms with Crippen molar-refractivity contribution in [1.29, 1.82) is 0 Å². The summed E-state index contributed by atoms with van der Waals surface area (Å²) in [6.07, 6.45) is 6.52. The van der Waals surface area contributed by atoms with Gasteiger partial charge in [0.05, 0.1) is 6.61 Å². The van der Waals surface area contributed by atoms with Crippen molar-refractivity contribution in [2.45, 2.75) is 46.0 Å². The minimum Gasteiger partial charge on any atom is -0.373 e. The third-order valence-corrected chi connectivity index (χ3v) is 4.00. The van der Waals surface area contributed by atoms with Gasteiger partial charge in [-0.15, -0.1) is 0 Å². The minimum atomic E-state index is 0.108. The molecule has 0 aliphatic heterocycles. The first kappa shape index (κ1) is 14.3. The van der Waals surface area contributed by atoms with E-state index in [0.717, 1.165) is 23.3 Å². The van der Waals surface area contributed by atoms with Crippen molar-refractivity contribution in [2.75, 3.05) is 13.2 Å². The molecule has 0 saturated heterocycles. The molecule has 19 heavy (non-hydrogen) atoms. The van der Waals surface area contributed by atoms with Gasteiger partial charge in [-0.2, -0.15) is 0 Å². The molecule has 1 aromatic carbocycles. The number of rotatable bonds is 5. The lowest BCUT2D eigenvalue weighted by molar-refractivity contribution is 0.0628. The second-order valence-corrected chi connectivity index (χ2v) is 5.76. The van der Waals surface area contributed by atoms with Gasteiger partial charge in [0.15, 0.2) is 5.78 Å². The number of ether oxygens (including phenoxy) is 1. The maximum atomic E-state index is 12.1. The highest BCUT2D eigenvalue weighted by Crippen LogP contribution is 2.23. The Morgan fingerprint density at radius 1 is 1.21 bits per heavy atom. The molecule has 1 fully saturated rings. The zero-order valence-corrected chi connectivity index (χ0v) is 12.1. The van der Waals surface area contributed by atoms with Crippen molar-refractivity contribution in [3.8, 4) is 0 Å². The van der Waals surface area contributed by atoms with Gasteiger partial charge in [-0.25, -0.2) is 0 Å². The van der Waals surface area contributed by atoms with Crippen LogP contribution in [0.25, 0.3) is 0 Å². The standard InChI is InChI=1S/C17H24O2/c1-13-8-9-14(2)16(10-13)17(18)12-19-11-15-6-4-3-5-7-15/h8-10,15H,3-7,11-12H2,1-2H3. The van der Waals surface area contributed by atoms with Crippen molar-refractivity contribution in [2.24, 2.45) is 5.92 Å².